The van der Waals surface area contributed by atoms with Crippen molar-refractivity contribution in [2.75, 3.05) is 0 Å². The Bertz CT molecular complexity index is 276. The molecule has 1 aromatic carbocycles. The Hall–Kier alpha value is -0.340. The molecule has 1 rings (SSSR count). The molecule has 0 saturated carbocycles. The van der Waals surface area contributed by atoms with Gasteiger partial charge in [-0.15, -0.1) is 0 Å². The van der Waals surface area contributed by atoms with Gasteiger partial charge in [-0.05, 0) is 49.4 Å². The summed E-state index contributed by atoms with van der Waals surface area (Å²) >= 11 is 3.45. The lowest BCUT2D eigenvalue weighted by Crippen LogP contribution is -2.04. The first-order valence-electron chi connectivity index (χ1n) is 4.90. The second kappa shape index (κ2) is 5.52. The molecule has 14 heavy (non-hydrogen) atoms. The Labute approximate surface area is 94.3 Å². The molecule has 0 heterocycles. The zero-order valence-corrected chi connectivity index (χ0v) is 10.2. The molecule has 0 bridgehead atoms. The Balaban J connectivity index is 2.58. The minimum Gasteiger partial charge on any atom is -0.393 e. The van der Waals surface area contributed by atoms with Crippen LogP contribution in [0.3, 0.4) is 0 Å². The first-order valence-corrected chi connectivity index (χ1v) is 5.69. The maximum Gasteiger partial charge on any atom is 0.0543 e. The molecule has 1 atom stereocenters. The molecule has 77 valence electrons. The number of rotatable bonds is 4. The molecule has 1 radical (unpaired) electrons. The van der Waals surface area contributed by atoms with Crippen molar-refractivity contribution in [3.63, 3.8) is 0 Å². The smallest absolute Gasteiger partial charge is 0.0543 e. The van der Waals surface area contributed by atoms with Gasteiger partial charge in [0.05, 0.1) is 6.10 Å². The van der Waals surface area contributed by atoms with E-state index in [1.54, 1.807) is 0 Å². The average Bonchev–Trinajstić information content (AvgIpc) is 2.12. The van der Waals surface area contributed by atoms with Crippen LogP contribution in [-0.2, 0) is 0 Å². The standard InChI is InChI=1S/C12H16BrO/c1-3-12(14)5-4-10-6-9(2)7-11(13)8-10/h4,6-8,12,14H,3,5H2,1-2H3. The lowest BCUT2D eigenvalue weighted by molar-refractivity contribution is 0.170. The Kier molecular flexibility index (Phi) is 4.63. The first kappa shape index (κ1) is 11.7. The number of aliphatic hydroxyl groups is 1. The summed E-state index contributed by atoms with van der Waals surface area (Å²) in [6, 6.07) is 6.26. The fourth-order valence-electron chi connectivity index (χ4n) is 1.32. The molecule has 0 spiro atoms. The molecule has 0 amide bonds. The van der Waals surface area contributed by atoms with Gasteiger partial charge in [0.1, 0.15) is 0 Å². The molecule has 0 saturated heterocycles. The van der Waals surface area contributed by atoms with Crippen molar-refractivity contribution in [2.45, 2.75) is 32.8 Å². The van der Waals surface area contributed by atoms with Crippen LogP contribution in [0, 0.1) is 13.3 Å². The van der Waals surface area contributed by atoms with Gasteiger partial charge in [0.2, 0.25) is 0 Å². The number of halogens is 1. The van der Waals surface area contributed by atoms with Gasteiger partial charge in [0, 0.05) is 4.47 Å². The zero-order valence-electron chi connectivity index (χ0n) is 8.63. The Morgan fingerprint density at radius 2 is 2.14 bits per heavy atom. The molecule has 0 aromatic heterocycles. The minimum absolute atomic E-state index is 0.214. The van der Waals surface area contributed by atoms with Gasteiger partial charge in [0.15, 0.2) is 0 Å². The van der Waals surface area contributed by atoms with Crippen LogP contribution in [0.4, 0.5) is 0 Å². The highest BCUT2D eigenvalue weighted by Gasteiger charge is 2.02. The van der Waals surface area contributed by atoms with Crippen LogP contribution in [0.1, 0.15) is 30.9 Å². The summed E-state index contributed by atoms with van der Waals surface area (Å²) in [5.74, 6) is 0. The molecule has 0 aliphatic carbocycles. The van der Waals surface area contributed by atoms with Crippen LogP contribution in [0.25, 0.3) is 0 Å². The van der Waals surface area contributed by atoms with Crippen molar-refractivity contribution in [1.82, 2.24) is 0 Å². The molecule has 0 fully saturated rings. The van der Waals surface area contributed by atoms with Crippen molar-refractivity contribution >= 4 is 15.9 Å². The summed E-state index contributed by atoms with van der Waals surface area (Å²) in [4.78, 5) is 0. The highest BCUT2D eigenvalue weighted by molar-refractivity contribution is 9.10. The largest absolute Gasteiger partial charge is 0.393 e. The summed E-state index contributed by atoms with van der Waals surface area (Å²) in [5.41, 5.74) is 2.40. The van der Waals surface area contributed by atoms with Crippen LogP contribution in [0.15, 0.2) is 22.7 Å². The van der Waals surface area contributed by atoms with Crippen LogP contribution in [0.2, 0.25) is 0 Å². The average molecular weight is 256 g/mol. The van der Waals surface area contributed by atoms with Crippen LogP contribution >= 0.6 is 15.9 Å². The number of aliphatic hydroxyl groups excluding tert-OH is 1. The second-order valence-electron chi connectivity index (χ2n) is 3.56. The number of aryl methyl sites for hydroxylation is 1. The van der Waals surface area contributed by atoms with Crippen molar-refractivity contribution in [1.29, 1.82) is 0 Å². The Morgan fingerprint density at radius 1 is 1.43 bits per heavy atom. The predicted molar refractivity (Wildman–Crippen MR) is 63.2 cm³/mol. The summed E-state index contributed by atoms with van der Waals surface area (Å²) in [5, 5.41) is 9.41. The summed E-state index contributed by atoms with van der Waals surface area (Å²) in [7, 11) is 0. The maximum atomic E-state index is 9.41. The summed E-state index contributed by atoms with van der Waals surface area (Å²) < 4.78 is 1.09. The highest BCUT2D eigenvalue weighted by atomic mass is 79.9. The third-order valence-electron chi connectivity index (χ3n) is 2.16. The lowest BCUT2D eigenvalue weighted by atomic mass is 10.0. The van der Waals surface area contributed by atoms with E-state index >= 15 is 0 Å². The summed E-state index contributed by atoms with van der Waals surface area (Å²) in [6.07, 6.45) is 3.40. The van der Waals surface area contributed by atoms with E-state index in [2.05, 4.69) is 47.5 Å². The summed E-state index contributed by atoms with van der Waals surface area (Å²) in [6.45, 7) is 4.06. The van der Waals surface area contributed by atoms with E-state index < -0.39 is 0 Å². The molecule has 1 unspecified atom stereocenters. The fourth-order valence-corrected chi connectivity index (χ4v) is 1.95. The van der Waals surface area contributed by atoms with E-state index in [0.717, 1.165) is 17.3 Å². The first-order chi connectivity index (χ1) is 6.61. The van der Waals surface area contributed by atoms with E-state index in [9.17, 15) is 5.11 Å². The maximum absolute atomic E-state index is 9.41. The SMILES string of the molecule is CCC(O)C[CH]c1cc(C)cc(Br)c1. The van der Waals surface area contributed by atoms with Gasteiger partial charge >= 0.3 is 0 Å². The second-order valence-corrected chi connectivity index (χ2v) is 4.48. The van der Waals surface area contributed by atoms with E-state index in [0.29, 0.717) is 0 Å². The normalized spacial score (nSPS) is 12.9. The molecule has 0 aliphatic heterocycles. The topological polar surface area (TPSA) is 20.2 Å². The molecule has 2 heteroatoms. The zero-order chi connectivity index (χ0) is 10.6. The fraction of sp³-hybridized carbons (Fsp3) is 0.417. The van der Waals surface area contributed by atoms with Crippen molar-refractivity contribution in [2.24, 2.45) is 0 Å². The van der Waals surface area contributed by atoms with Gasteiger partial charge < -0.3 is 5.11 Å². The molecule has 1 nitrogen and oxygen atoms in total. The highest BCUT2D eigenvalue weighted by Crippen LogP contribution is 2.18. The van der Waals surface area contributed by atoms with Crippen LogP contribution in [0.5, 0.6) is 0 Å². The quantitative estimate of drug-likeness (QED) is 0.874. The number of hydrogen-bond donors (Lipinski definition) is 1. The van der Waals surface area contributed by atoms with Crippen molar-refractivity contribution in [3.8, 4) is 0 Å². The van der Waals surface area contributed by atoms with Gasteiger partial charge in [-0.2, -0.15) is 0 Å². The van der Waals surface area contributed by atoms with Gasteiger partial charge in [0.25, 0.3) is 0 Å². The van der Waals surface area contributed by atoms with Gasteiger partial charge in [-0.25, -0.2) is 0 Å². The Morgan fingerprint density at radius 3 is 2.71 bits per heavy atom. The molecule has 1 N–H and O–H groups in total. The monoisotopic (exact) mass is 255 g/mol. The third-order valence-corrected chi connectivity index (χ3v) is 2.62. The number of benzene rings is 1. The lowest BCUT2D eigenvalue weighted by Gasteiger charge is -2.07. The van der Waals surface area contributed by atoms with E-state index in [1.165, 1.54) is 11.1 Å². The molecule has 1 aromatic rings. The van der Waals surface area contributed by atoms with Crippen molar-refractivity contribution in [3.05, 3.63) is 40.2 Å². The van der Waals surface area contributed by atoms with Crippen LogP contribution < -0.4 is 0 Å². The molecular weight excluding hydrogens is 240 g/mol. The van der Waals surface area contributed by atoms with Crippen molar-refractivity contribution < 1.29 is 5.11 Å². The number of hydrogen-bond acceptors (Lipinski definition) is 1. The van der Waals surface area contributed by atoms with E-state index in [4.69, 9.17) is 0 Å². The molecular formula is C12H16BrO. The molecule has 0 aliphatic rings. The van der Waals surface area contributed by atoms with E-state index in [1.807, 2.05) is 6.92 Å². The predicted octanol–water partition coefficient (Wildman–Crippen LogP) is 3.47. The van der Waals surface area contributed by atoms with E-state index in [-0.39, 0.29) is 6.10 Å². The van der Waals surface area contributed by atoms with Crippen LogP contribution in [-0.4, -0.2) is 11.2 Å². The van der Waals surface area contributed by atoms with Gasteiger partial charge in [-0.1, -0.05) is 28.9 Å². The minimum atomic E-state index is -0.214. The third kappa shape index (κ3) is 3.81. The van der Waals surface area contributed by atoms with Gasteiger partial charge in [-0.3, -0.25) is 0 Å².